The summed E-state index contributed by atoms with van der Waals surface area (Å²) in [7, 11) is 0. The van der Waals surface area contributed by atoms with Crippen molar-refractivity contribution < 1.29 is 4.39 Å². The second-order valence-electron chi connectivity index (χ2n) is 5.59. The Labute approximate surface area is 149 Å². The molecule has 1 heterocycles. The summed E-state index contributed by atoms with van der Waals surface area (Å²) in [4.78, 5) is 6.78. The molecule has 22 heavy (non-hydrogen) atoms. The van der Waals surface area contributed by atoms with Crippen LogP contribution >= 0.6 is 24.0 Å². The van der Waals surface area contributed by atoms with Crippen molar-refractivity contribution >= 4 is 29.9 Å². The molecule has 0 radical (unpaired) electrons. The van der Waals surface area contributed by atoms with Gasteiger partial charge in [-0.3, -0.25) is 4.90 Å². The molecule has 1 fully saturated rings. The van der Waals surface area contributed by atoms with Gasteiger partial charge in [0, 0.05) is 12.6 Å². The van der Waals surface area contributed by atoms with Crippen LogP contribution < -0.4 is 11.1 Å². The van der Waals surface area contributed by atoms with Gasteiger partial charge in [0.2, 0.25) is 0 Å². The van der Waals surface area contributed by atoms with Gasteiger partial charge in [-0.25, -0.2) is 9.38 Å². The van der Waals surface area contributed by atoms with Gasteiger partial charge in [0.05, 0.1) is 6.54 Å². The predicted molar refractivity (Wildman–Crippen MR) is 100 cm³/mol. The van der Waals surface area contributed by atoms with Crippen molar-refractivity contribution in [1.82, 2.24) is 10.2 Å². The van der Waals surface area contributed by atoms with E-state index in [0.29, 0.717) is 24.1 Å². The molecule has 1 saturated heterocycles. The number of aryl methyl sites for hydroxylation is 1. The third kappa shape index (κ3) is 5.39. The number of hydrogen-bond donors (Lipinski definition) is 2. The van der Waals surface area contributed by atoms with Crippen LogP contribution in [-0.2, 0) is 6.54 Å². The van der Waals surface area contributed by atoms with E-state index in [4.69, 9.17) is 5.73 Å². The van der Waals surface area contributed by atoms with E-state index in [0.717, 1.165) is 18.7 Å². The number of nitrogens with two attached hydrogens (primary N) is 1. The number of benzene rings is 1. The van der Waals surface area contributed by atoms with Crippen LogP contribution in [0.1, 0.15) is 30.9 Å². The first-order valence-corrected chi connectivity index (χ1v) is 7.63. The lowest BCUT2D eigenvalue weighted by molar-refractivity contribution is 0.267. The number of likely N-dealkylation sites (tertiary alicyclic amines) is 1. The van der Waals surface area contributed by atoms with Crippen LogP contribution in [0.2, 0.25) is 0 Å². The molecule has 1 atom stereocenters. The lowest BCUT2D eigenvalue weighted by Gasteiger charge is -2.23. The summed E-state index contributed by atoms with van der Waals surface area (Å²) in [5.41, 5.74) is 7.51. The SMILES string of the molecule is CCN1CCCC1CNC(N)=NCc1ccc(F)c(C)c1.I. The third-order valence-electron chi connectivity index (χ3n) is 4.08. The maximum absolute atomic E-state index is 13.2. The molecule has 6 heteroatoms. The van der Waals surface area contributed by atoms with E-state index < -0.39 is 0 Å². The lowest BCUT2D eigenvalue weighted by Crippen LogP contribution is -2.42. The highest BCUT2D eigenvalue weighted by atomic mass is 127. The molecule has 124 valence electrons. The number of rotatable bonds is 5. The lowest BCUT2D eigenvalue weighted by atomic mass is 10.1. The molecule has 1 unspecified atom stereocenters. The maximum Gasteiger partial charge on any atom is 0.188 e. The fourth-order valence-corrected chi connectivity index (χ4v) is 2.80. The molecule has 1 aliphatic rings. The molecular formula is C16H26FIN4. The molecule has 2 rings (SSSR count). The van der Waals surface area contributed by atoms with Gasteiger partial charge in [0.25, 0.3) is 0 Å². The summed E-state index contributed by atoms with van der Waals surface area (Å²) < 4.78 is 13.2. The minimum Gasteiger partial charge on any atom is -0.370 e. The van der Waals surface area contributed by atoms with E-state index in [-0.39, 0.29) is 29.8 Å². The highest BCUT2D eigenvalue weighted by Gasteiger charge is 2.22. The van der Waals surface area contributed by atoms with Crippen LogP contribution in [0, 0.1) is 12.7 Å². The second kappa shape index (κ2) is 9.29. The summed E-state index contributed by atoms with van der Waals surface area (Å²) in [5, 5.41) is 3.20. The van der Waals surface area contributed by atoms with E-state index in [2.05, 4.69) is 22.1 Å². The van der Waals surface area contributed by atoms with E-state index in [1.54, 1.807) is 13.0 Å². The molecule has 1 aromatic rings. The smallest absolute Gasteiger partial charge is 0.188 e. The summed E-state index contributed by atoms with van der Waals surface area (Å²) >= 11 is 0. The zero-order valence-corrected chi connectivity index (χ0v) is 15.6. The van der Waals surface area contributed by atoms with Gasteiger partial charge >= 0.3 is 0 Å². The Morgan fingerprint density at radius 3 is 2.95 bits per heavy atom. The van der Waals surface area contributed by atoms with Gasteiger partial charge in [-0.05, 0) is 50.0 Å². The Morgan fingerprint density at radius 1 is 1.50 bits per heavy atom. The Balaban J connectivity index is 0.00000242. The summed E-state index contributed by atoms with van der Waals surface area (Å²) in [5.74, 6) is 0.273. The monoisotopic (exact) mass is 420 g/mol. The number of guanidine groups is 1. The molecule has 0 amide bonds. The van der Waals surface area contributed by atoms with Crippen molar-refractivity contribution in [3.05, 3.63) is 35.1 Å². The average molecular weight is 420 g/mol. The first-order chi connectivity index (χ1) is 10.1. The highest BCUT2D eigenvalue weighted by Crippen LogP contribution is 2.15. The van der Waals surface area contributed by atoms with Crippen LogP contribution in [0.15, 0.2) is 23.2 Å². The van der Waals surface area contributed by atoms with Crippen molar-refractivity contribution in [3.63, 3.8) is 0 Å². The number of likely N-dealkylation sites (N-methyl/N-ethyl adjacent to an activating group) is 1. The summed E-state index contributed by atoms with van der Waals surface area (Å²) in [6.45, 7) is 7.51. The Kier molecular flexibility index (Phi) is 8.09. The summed E-state index contributed by atoms with van der Waals surface area (Å²) in [6, 6.07) is 5.58. The normalized spacial score (nSPS) is 19.0. The van der Waals surface area contributed by atoms with Crippen LogP contribution in [-0.4, -0.2) is 36.5 Å². The van der Waals surface area contributed by atoms with Gasteiger partial charge < -0.3 is 11.1 Å². The summed E-state index contributed by atoms with van der Waals surface area (Å²) in [6.07, 6.45) is 2.47. The Morgan fingerprint density at radius 2 is 2.27 bits per heavy atom. The van der Waals surface area contributed by atoms with E-state index >= 15 is 0 Å². The van der Waals surface area contributed by atoms with Crippen molar-refractivity contribution in [1.29, 1.82) is 0 Å². The zero-order valence-electron chi connectivity index (χ0n) is 13.3. The first kappa shape index (κ1) is 19.2. The highest BCUT2D eigenvalue weighted by molar-refractivity contribution is 14.0. The fourth-order valence-electron chi connectivity index (χ4n) is 2.80. The van der Waals surface area contributed by atoms with Gasteiger partial charge in [-0.15, -0.1) is 24.0 Å². The second-order valence-corrected chi connectivity index (χ2v) is 5.59. The minimum absolute atomic E-state index is 0. The molecule has 0 bridgehead atoms. The Bertz CT molecular complexity index is 507. The van der Waals surface area contributed by atoms with Crippen molar-refractivity contribution in [2.75, 3.05) is 19.6 Å². The van der Waals surface area contributed by atoms with Gasteiger partial charge in [0.15, 0.2) is 5.96 Å². The van der Waals surface area contributed by atoms with Gasteiger partial charge in [0.1, 0.15) is 5.82 Å². The van der Waals surface area contributed by atoms with Crippen LogP contribution in [0.5, 0.6) is 0 Å². The number of nitrogens with one attached hydrogen (secondary N) is 1. The first-order valence-electron chi connectivity index (χ1n) is 7.63. The van der Waals surface area contributed by atoms with E-state index in [1.807, 2.05) is 6.07 Å². The maximum atomic E-state index is 13.2. The number of hydrogen-bond acceptors (Lipinski definition) is 2. The molecule has 3 N–H and O–H groups in total. The Hall–Kier alpha value is -0.890. The molecule has 0 spiro atoms. The number of halogens is 2. The fraction of sp³-hybridized carbons (Fsp3) is 0.562. The largest absolute Gasteiger partial charge is 0.370 e. The van der Waals surface area contributed by atoms with Crippen molar-refractivity contribution in [3.8, 4) is 0 Å². The quantitative estimate of drug-likeness (QED) is 0.438. The van der Waals surface area contributed by atoms with Crippen LogP contribution in [0.4, 0.5) is 4.39 Å². The van der Waals surface area contributed by atoms with Gasteiger partial charge in [-0.1, -0.05) is 19.1 Å². The molecule has 1 aromatic carbocycles. The van der Waals surface area contributed by atoms with Gasteiger partial charge in [-0.2, -0.15) is 0 Å². The number of nitrogens with zero attached hydrogens (tertiary/aromatic N) is 2. The minimum atomic E-state index is -0.185. The molecule has 1 aliphatic heterocycles. The van der Waals surface area contributed by atoms with Crippen LogP contribution in [0.3, 0.4) is 0 Å². The third-order valence-corrected chi connectivity index (χ3v) is 4.08. The van der Waals surface area contributed by atoms with E-state index in [9.17, 15) is 4.39 Å². The number of aliphatic imine (C=N–C) groups is 1. The molecule has 4 nitrogen and oxygen atoms in total. The molecule has 0 aromatic heterocycles. The molecule has 0 saturated carbocycles. The standard InChI is InChI=1S/C16H25FN4.HI/c1-3-21-8-4-5-14(21)11-20-16(18)19-10-13-6-7-15(17)12(2)9-13;/h6-7,9,14H,3-5,8,10-11H2,1-2H3,(H3,18,19,20);1H. The van der Waals surface area contributed by atoms with Crippen molar-refractivity contribution in [2.45, 2.75) is 39.3 Å². The zero-order chi connectivity index (χ0) is 15.2. The predicted octanol–water partition coefficient (Wildman–Crippen LogP) is 2.64. The topological polar surface area (TPSA) is 53.6 Å². The molecule has 0 aliphatic carbocycles. The van der Waals surface area contributed by atoms with Crippen LogP contribution in [0.25, 0.3) is 0 Å². The van der Waals surface area contributed by atoms with Crippen molar-refractivity contribution in [2.24, 2.45) is 10.7 Å². The van der Waals surface area contributed by atoms with E-state index in [1.165, 1.54) is 25.5 Å². The molecular weight excluding hydrogens is 394 g/mol. The average Bonchev–Trinajstić information content (AvgIpc) is 2.94.